The predicted octanol–water partition coefficient (Wildman–Crippen LogP) is 4.18. The molecule has 8 nitrogen and oxygen atoms in total. The van der Waals surface area contributed by atoms with Gasteiger partial charge in [-0.05, 0) is 58.2 Å². The topological polar surface area (TPSA) is 101 Å². The Bertz CT molecular complexity index is 987. The minimum absolute atomic E-state index is 0. The summed E-state index contributed by atoms with van der Waals surface area (Å²) in [5.41, 5.74) is 4.78. The van der Waals surface area contributed by atoms with Gasteiger partial charge in [-0.1, -0.05) is 6.92 Å². The lowest BCUT2D eigenvalue weighted by molar-refractivity contribution is 0.169. The van der Waals surface area contributed by atoms with Gasteiger partial charge in [0.25, 0.3) is 0 Å². The number of aromatic nitrogens is 5. The molecule has 0 amide bonds. The van der Waals surface area contributed by atoms with Crippen LogP contribution >= 0.6 is 17.0 Å². The van der Waals surface area contributed by atoms with Gasteiger partial charge in [0.1, 0.15) is 0 Å². The van der Waals surface area contributed by atoms with Crippen LogP contribution in [0.3, 0.4) is 0 Å². The van der Waals surface area contributed by atoms with E-state index in [1.807, 2.05) is 24.6 Å². The maximum Gasteiger partial charge on any atom is 0.227 e. The average molecular weight is 478 g/mol. The van der Waals surface area contributed by atoms with Crippen LogP contribution in [-0.2, 0) is 6.54 Å². The van der Waals surface area contributed by atoms with Gasteiger partial charge in [0.05, 0.1) is 18.5 Å². The standard InChI is InChI=1S/C21H31N7O.BrH/c1-7-17(15(6)29)25-21-26-19(18-20(27-21)28(11-24-18)12(2)3)23-10-16-9-22-14(5)8-13(16)4;/h8-9,11-12,15,17,29H,7,10H2,1-6H3,(H2,23,25,26,27);1H/t15-,17+;/m1./s1. The number of nitrogens with zero attached hydrogens (tertiary/aromatic N) is 5. The van der Waals surface area contributed by atoms with E-state index in [1.54, 1.807) is 13.3 Å². The van der Waals surface area contributed by atoms with Crippen molar-refractivity contribution in [3.8, 4) is 0 Å². The van der Waals surface area contributed by atoms with Gasteiger partial charge in [0, 0.05) is 24.5 Å². The van der Waals surface area contributed by atoms with Crippen molar-refractivity contribution in [1.29, 1.82) is 0 Å². The van der Waals surface area contributed by atoms with E-state index < -0.39 is 6.10 Å². The van der Waals surface area contributed by atoms with Crippen molar-refractivity contribution in [2.45, 2.75) is 72.7 Å². The summed E-state index contributed by atoms with van der Waals surface area (Å²) >= 11 is 0. The van der Waals surface area contributed by atoms with Crippen LogP contribution in [0.15, 0.2) is 18.6 Å². The largest absolute Gasteiger partial charge is 0.391 e. The van der Waals surface area contributed by atoms with E-state index in [0.29, 0.717) is 18.3 Å². The number of nitrogens with one attached hydrogen (secondary N) is 2. The van der Waals surface area contributed by atoms with Crippen molar-refractivity contribution in [3.05, 3.63) is 35.4 Å². The second-order valence-electron chi connectivity index (χ2n) is 7.82. The smallest absolute Gasteiger partial charge is 0.227 e. The molecule has 3 N–H and O–H groups in total. The van der Waals surface area contributed by atoms with Crippen LogP contribution in [0.1, 0.15) is 57.0 Å². The van der Waals surface area contributed by atoms with E-state index in [9.17, 15) is 5.11 Å². The fourth-order valence-corrected chi connectivity index (χ4v) is 3.30. The van der Waals surface area contributed by atoms with Gasteiger partial charge in [-0.3, -0.25) is 4.98 Å². The Morgan fingerprint density at radius 3 is 2.47 bits per heavy atom. The van der Waals surface area contributed by atoms with Crippen LogP contribution in [0.5, 0.6) is 0 Å². The molecule has 0 unspecified atom stereocenters. The zero-order valence-electron chi connectivity index (χ0n) is 18.5. The van der Waals surface area contributed by atoms with Gasteiger partial charge in [0.2, 0.25) is 5.95 Å². The van der Waals surface area contributed by atoms with Gasteiger partial charge in [0.15, 0.2) is 17.0 Å². The van der Waals surface area contributed by atoms with E-state index in [1.165, 1.54) is 5.56 Å². The van der Waals surface area contributed by atoms with Gasteiger partial charge in [-0.15, -0.1) is 17.0 Å². The van der Waals surface area contributed by atoms with E-state index in [0.717, 1.165) is 28.8 Å². The molecule has 3 aromatic rings. The number of pyridine rings is 1. The molecule has 30 heavy (non-hydrogen) atoms. The molecule has 0 aromatic carbocycles. The lowest BCUT2D eigenvalue weighted by Crippen LogP contribution is -2.31. The molecule has 0 saturated heterocycles. The normalized spacial score (nSPS) is 13.2. The molecule has 2 atom stereocenters. The van der Waals surface area contributed by atoms with Crippen LogP contribution in [0.25, 0.3) is 11.2 Å². The number of hydrogen-bond donors (Lipinski definition) is 3. The van der Waals surface area contributed by atoms with Crippen LogP contribution in [0.4, 0.5) is 11.8 Å². The second kappa shape index (κ2) is 10.2. The van der Waals surface area contributed by atoms with Gasteiger partial charge >= 0.3 is 0 Å². The van der Waals surface area contributed by atoms with Crippen LogP contribution in [0, 0.1) is 13.8 Å². The SMILES string of the molecule is Br.CC[C@H](Nc1nc(NCc2cnc(C)cc2C)c2ncn(C(C)C)c2n1)[C@@H](C)O. The molecule has 0 saturated carbocycles. The summed E-state index contributed by atoms with van der Waals surface area (Å²) in [6.07, 6.45) is 3.94. The first-order valence-corrected chi connectivity index (χ1v) is 10.1. The first-order chi connectivity index (χ1) is 13.8. The van der Waals surface area contributed by atoms with Gasteiger partial charge < -0.3 is 20.3 Å². The summed E-state index contributed by atoms with van der Waals surface area (Å²) in [5, 5.41) is 16.7. The summed E-state index contributed by atoms with van der Waals surface area (Å²) < 4.78 is 2.02. The highest BCUT2D eigenvalue weighted by Crippen LogP contribution is 2.24. The number of aryl methyl sites for hydroxylation is 2. The first kappa shape index (κ1) is 24.0. The molecule has 0 aliphatic heterocycles. The number of aliphatic hydroxyl groups excluding tert-OH is 1. The molecule has 0 aliphatic rings. The molecule has 3 heterocycles. The Balaban J connectivity index is 0.00000320. The number of anilines is 2. The van der Waals surface area contributed by atoms with Crippen molar-refractivity contribution in [3.63, 3.8) is 0 Å². The quantitative estimate of drug-likeness (QED) is 0.447. The number of halogens is 1. The molecular weight excluding hydrogens is 446 g/mol. The molecule has 0 radical (unpaired) electrons. The maximum atomic E-state index is 10.0. The molecule has 3 rings (SSSR count). The highest BCUT2D eigenvalue weighted by Gasteiger charge is 2.18. The Labute approximate surface area is 188 Å². The molecule has 0 fully saturated rings. The maximum absolute atomic E-state index is 10.0. The van der Waals surface area contributed by atoms with E-state index in [4.69, 9.17) is 0 Å². The average Bonchev–Trinajstić information content (AvgIpc) is 3.09. The fourth-order valence-electron chi connectivity index (χ4n) is 3.30. The number of rotatable bonds is 8. The number of imidazole rings is 1. The highest BCUT2D eigenvalue weighted by atomic mass is 79.9. The summed E-state index contributed by atoms with van der Waals surface area (Å²) in [4.78, 5) is 18.3. The summed E-state index contributed by atoms with van der Waals surface area (Å²) in [6.45, 7) is 12.6. The molecule has 9 heteroatoms. The Morgan fingerprint density at radius 1 is 1.13 bits per heavy atom. The molecule has 0 spiro atoms. The molecular formula is C21H32BrN7O. The summed E-state index contributed by atoms with van der Waals surface area (Å²) in [7, 11) is 0. The first-order valence-electron chi connectivity index (χ1n) is 10.1. The Kier molecular flexibility index (Phi) is 8.14. The van der Waals surface area contributed by atoms with E-state index >= 15 is 0 Å². The third kappa shape index (κ3) is 5.26. The molecule has 0 aliphatic carbocycles. The van der Waals surface area contributed by atoms with Crippen molar-refractivity contribution in [2.75, 3.05) is 10.6 Å². The van der Waals surface area contributed by atoms with Crippen molar-refractivity contribution in [1.82, 2.24) is 24.5 Å². The third-order valence-electron chi connectivity index (χ3n) is 5.12. The Hall–Kier alpha value is -2.26. The summed E-state index contributed by atoms with van der Waals surface area (Å²) in [5.74, 6) is 1.14. The van der Waals surface area contributed by atoms with Crippen LogP contribution in [-0.4, -0.2) is 41.8 Å². The van der Waals surface area contributed by atoms with Crippen molar-refractivity contribution < 1.29 is 5.11 Å². The minimum Gasteiger partial charge on any atom is -0.391 e. The lowest BCUT2D eigenvalue weighted by Gasteiger charge is -2.20. The Morgan fingerprint density at radius 2 is 1.87 bits per heavy atom. The minimum atomic E-state index is -0.507. The highest BCUT2D eigenvalue weighted by molar-refractivity contribution is 8.93. The molecule has 0 bridgehead atoms. The van der Waals surface area contributed by atoms with Gasteiger partial charge in [-0.2, -0.15) is 9.97 Å². The van der Waals surface area contributed by atoms with E-state index in [2.05, 4.69) is 57.4 Å². The number of fused-ring (bicyclic) bond motifs is 1. The molecule has 164 valence electrons. The zero-order valence-corrected chi connectivity index (χ0v) is 20.2. The van der Waals surface area contributed by atoms with Crippen molar-refractivity contribution >= 4 is 39.9 Å². The fraction of sp³-hybridized carbons (Fsp3) is 0.524. The summed E-state index contributed by atoms with van der Waals surface area (Å²) in [6, 6.07) is 2.17. The number of hydrogen-bond acceptors (Lipinski definition) is 7. The monoisotopic (exact) mass is 477 g/mol. The third-order valence-corrected chi connectivity index (χ3v) is 5.12. The molecule has 3 aromatic heterocycles. The number of aliphatic hydroxyl groups is 1. The lowest BCUT2D eigenvalue weighted by atomic mass is 10.1. The van der Waals surface area contributed by atoms with E-state index in [-0.39, 0.29) is 29.1 Å². The predicted molar refractivity (Wildman–Crippen MR) is 126 cm³/mol. The second-order valence-corrected chi connectivity index (χ2v) is 7.82. The zero-order chi connectivity index (χ0) is 21.1. The van der Waals surface area contributed by atoms with Gasteiger partial charge in [-0.25, -0.2) is 4.98 Å². The van der Waals surface area contributed by atoms with Crippen LogP contribution in [0.2, 0.25) is 0 Å². The van der Waals surface area contributed by atoms with Crippen LogP contribution < -0.4 is 10.6 Å². The van der Waals surface area contributed by atoms with Crippen molar-refractivity contribution in [2.24, 2.45) is 0 Å².